The van der Waals surface area contributed by atoms with Gasteiger partial charge in [-0.25, -0.2) is 0 Å². The average Bonchev–Trinajstić information content (AvgIpc) is 4.31. The quantitative estimate of drug-likeness (QED) is 0.161. The van der Waals surface area contributed by atoms with Crippen molar-refractivity contribution in [1.82, 2.24) is 4.57 Å². The molecule has 1 atom stereocenters. The van der Waals surface area contributed by atoms with Gasteiger partial charge < -0.3 is 9.47 Å². The molecule has 3 aliphatic rings. The molecule has 3 heteroatoms. The SMILES string of the molecule is c1ccc(C2(c3ccccc3)c3ccccc3-c3c(N(c4ccc(-c5ccc6c(c5)sc5ccccc56)cc4)c4ccc5c(c4)C4(c6ccccc6-5)c5ccccc5-n5c6ccccc6c6cccc4c65)cccc32)cc1. The van der Waals surface area contributed by atoms with E-state index >= 15 is 0 Å². The van der Waals surface area contributed by atoms with Crippen molar-refractivity contribution in [3.63, 3.8) is 0 Å². The Kier molecular flexibility index (Phi) is 8.88. The largest absolute Gasteiger partial charge is 0.310 e. The van der Waals surface area contributed by atoms with Crippen LogP contribution in [0.3, 0.4) is 0 Å². The normalized spacial score (nSPS) is 15.2. The first-order valence-corrected chi connectivity index (χ1v) is 27.6. The Morgan fingerprint density at radius 1 is 0.325 bits per heavy atom. The summed E-state index contributed by atoms with van der Waals surface area (Å²) >= 11 is 1.87. The summed E-state index contributed by atoms with van der Waals surface area (Å²) in [7, 11) is 0. The van der Waals surface area contributed by atoms with Crippen LogP contribution in [0.1, 0.15) is 44.5 Å². The molecule has 1 aliphatic heterocycles. The minimum Gasteiger partial charge on any atom is -0.310 e. The lowest BCUT2D eigenvalue weighted by molar-refractivity contribution is 0.748. The van der Waals surface area contributed by atoms with Crippen LogP contribution in [0.5, 0.6) is 0 Å². The van der Waals surface area contributed by atoms with Crippen LogP contribution in [0, 0.1) is 0 Å². The average molecular weight is 995 g/mol. The summed E-state index contributed by atoms with van der Waals surface area (Å²) in [6.07, 6.45) is 0. The zero-order valence-corrected chi connectivity index (χ0v) is 42.7. The van der Waals surface area contributed by atoms with Gasteiger partial charge in [-0.15, -0.1) is 11.3 Å². The molecule has 358 valence electrons. The highest BCUT2D eigenvalue weighted by Gasteiger charge is 2.52. The van der Waals surface area contributed by atoms with Crippen LogP contribution in [0.25, 0.3) is 81.0 Å². The number of fused-ring (bicyclic) bond motifs is 18. The summed E-state index contributed by atoms with van der Waals surface area (Å²) in [5, 5.41) is 5.18. The first-order chi connectivity index (χ1) is 38.2. The Morgan fingerprint density at radius 2 is 0.896 bits per heavy atom. The first kappa shape index (κ1) is 42.8. The Balaban J connectivity index is 0.939. The van der Waals surface area contributed by atoms with E-state index in [2.05, 4.69) is 289 Å². The van der Waals surface area contributed by atoms with Gasteiger partial charge in [0, 0.05) is 47.9 Å². The molecule has 0 saturated heterocycles. The summed E-state index contributed by atoms with van der Waals surface area (Å²) in [5.74, 6) is 0. The van der Waals surface area contributed by atoms with Gasteiger partial charge in [-0.3, -0.25) is 0 Å². The number of benzene rings is 12. The Morgan fingerprint density at radius 3 is 1.70 bits per heavy atom. The zero-order chi connectivity index (χ0) is 50.4. The van der Waals surface area contributed by atoms with E-state index in [4.69, 9.17) is 0 Å². The standard InChI is InChI=1S/C74H46N2S/c1-3-19-49(20-4-1)73(50-21-5-2-6-22-50)61-29-12-8-26-59(61)71-63(73)31-18-35-68(71)75(51-40-37-47(38-41-51)48-39-43-57-56-25-10-16-36-69(56)77-70(57)45-48)52-42-44-54-53-23-7-11-28-60(53)74(65(54)46-52)62-30-13-15-34-67(62)76-66-33-14-9-24-55(66)58-27-17-32-64(74)72(58)76/h1-46H. The maximum atomic E-state index is 2.56. The fourth-order valence-electron chi connectivity index (χ4n) is 14.5. The third kappa shape index (κ3) is 5.63. The predicted octanol–water partition coefficient (Wildman–Crippen LogP) is 19.3. The summed E-state index contributed by atoms with van der Waals surface area (Å²) in [5.41, 5.74) is 23.6. The van der Waals surface area contributed by atoms with E-state index in [1.165, 1.54) is 126 Å². The van der Waals surface area contributed by atoms with Gasteiger partial charge in [-0.1, -0.05) is 224 Å². The van der Waals surface area contributed by atoms with Gasteiger partial charge in [0.25, 0.3) is 0 Å². The molecule has 0 N–H and O–H groups in total. The topological polar surface area (TPSA) is 8.17 Å². The van der Waals surface area contributed by atoms with Crippen molar-refractivity contribution in [1.29, 1.82) is 0 Å². The molecule has 0 radical (unpaired) electrons. The molecule has 1 spiro atoms. The van der Waals surface area contributed by atoms with Crippen molar-refractivity contribution in [2.75, 3.05) is 4.90 Å². The van der Waals surface area contributed by atoms with Gasteiger partial charge in [0.2, 0.25) is 0 Å². The molecule has 0 fully saturated rings. The van der Waals surface area contributed by atoms with Crippen LogP contribution in [0.15, 0.2) is 279 Å². The van der Waals surface area contributed by atoms with E-state index < -0.39 is 10.8 Å². The number of hydrogen-bond acceptors (Lipinski definition) is 2. The smallest absolute Gasteiger partial charge is 0.0755 e. The Bertz CT molecular complexity index is 4710. The van der Waals surface area contributed by atoms with E-state index in [0.29, 0.717) is 0 Å². The van der Waals surface area contributed by atoms with Crippen molar-refractivity contribution in [3.8, 4) is 39.1 Å². The van der Waals surface area contributed by atoms with E-state index in [9.17, 15) is 0 Å². The third-order valence-electron chi connectivity index (χ3n) is 17.5. The minimum atomic E-state index is -0.607. The number of rotatable bonds is 6. The zero-order valence-electron chi connectivity index (χ0n) is 41.9. The number of anilines is 3. The van der Waals surface area contributed by atoms with E-state index in [-0.39, 0.29) is 0 Å². The van der Waals surface area contributed by atoms with Crippen LogP contribution in [-0.4, -0.2) is 4.57 Å². The number of aromatic nitrogens is 1. The summed E-state index contributed by atoms with van der Waals surface area (Å²) in [6.45, 7) is 0. The van der Waals surface area contributed by atoms with E-state index in [0.717, 1.165) is 17.1 Å². The molecule has 17 rings (SSSR count). The number of para-hydroxylation sites is 3. The molecule has 12 aromatic carbocycles. The van der Waals surface area contributed by atoms with Crippen molar-refractivity contribution in [2.45, 2.75) is 10.8 Å². The molecule has 2 aromatic heterocycles. The lowest BCUT2D eigenvalue weighted by atomic mass is 9.65. The maximum Gasteiger partial charge on any atom is 0.0755 e. The second-order valence-corrected chi connectivity index (χ2v) is 22.1. The number of hydrogen-bond donors (Lipinski definition) is 0. The van der Waals surface area contributed by atoms with Crippen LogP contribution in [0.4, 0.5) is 17.1 Å². The van der Waals surface area contributed by atoms with Crippen molar-refractivity contribution < 1.29 is 0 Å². The maximum absolute atomic E-state index is 2.56. The lowest BCUT2D eigenvalue weighted by Gasteiger charge is -2.40. The first-order valence-electron chi connectivity index (χ1n) is 26.7. The number of thiophene rings is 1. The lowest BCUT2D eigenvalue weighted by Crippen LogP contribution is -2.33. The van der Waals surface area contributed by atoms with E-state index in [1.54, 1.807) is 0 Å². The van der Waals surface area contributed by atoms with Gasteiger partial charge >= 0.3 is 0 Å². The molecule has 14 aromatic rings. The van der Waals surface area contributed by atoms with Crippen molar-refractivity contribution in [2.24, 2.45) is 0 Å². The molecule has 0 amide bonds. The van der Waals surface area contributed by atoms with Gasteiger partial charge in [-0.2, -0.15) is 0 Å². The summed E-state index contributed by atoms with van der Waals surface area (Å²) in [4.78, 5) is 2.56. The fourth-order valence-corrected chi connectivity index (χ4v) is 15.6. The van der Waals surface area contributed by atoms with Crippen LogP contribution < -0.4 is 4.90 Å². The molecule has 77 heavy (non-hydrogen) atoms. The van der Waals surface area contributed by atoms with Crippen LogP contribution in [-0.2, 0) is 10.8 Å². The minimum absolute atomic E-state index is 0.558. The highest BCUT2D eigenvalue weighted by atomic mass is 32.1. The highest BCUT2D eigenvalue weighted by Crippen LogP contribution is 2.63. The van der Waals surface area contributed by atoms with Crippen molar-refractivity contribution >= 4 is 70.4 Å². The molecule has 0 saturated carbocycles. The molecule has 2 nitrogen and oxygen atoms in total. The molecule has 1 unspecified atom stereocenters. The molecular weight excluding hydrogens is 949 g/mol. The highest BCUT2D eigenvalue weighted by molar-refractivity contribution is 7.25. The fraction of sp³-hybridized carbons (Fsp3) is 0.0270. The summed E-state index contributed by atoms with van der Waals surface area (Å²) < 4.78 is 5.16. The Labute approximate surface area is 450 Å². The van der Waals surface area contributed by atoms with Gasteiger partial charge in [0.1, 0.15) is 0 Å². The Hall–Kier alpha value is -9.54. The number of nitrogens with zero attached hydrogens (tertiary/aromatic N) is 2. The molecule has 3 heterocycles. The third-order valence-corrected chi connectivity index (χ3v) is 18.6. The summed E-state index contributed by atoms with van der Waals surface area (Å²) in [6, 6.07) is 105. The van der Waals surface area contributed by atoms with Gasteiger partial charge in [0.05, 0.1) is 33.2 Å². The molecular formula is C74H46N2S. The van der Waals surface area contributed by atoms with E-state index in [1.807, 2.05) is 11.3 Å². The second kappa shape index (κ2) is 16.0. The second-order valence-electron chi connectivity index (χ2n) is 21.0. The predicted molar refractivity (Wildman–Crippen MR) is 322 cm³/mol. The molecule has 2 aliphatic carbocycles. The van der Waals surface area contributed by atoms with Crippen molar-refractivity contribution in [3.05, 3.63) is 324 Å². The monoisotopic (exact) mass is 994 g/mol. The molecule has 0 bridgehead atoms. The van der Waals surface area contributed by atoms with Gasteiger partial charge in [-0.05, 0) is 127 Å². The van der Waals surface area contributed by atoms with Crippen LogP contribution in [0.2, 0.25) is 0 Å². The van der Waals surface area contributed by atoms with Crippen LogP contribution >= 0.6 is 11.3 Å². The van der Waals surface area contributed by atoms with Gasteiger partial charge in [0.15, 0.2) is 0 Å².